The van der Waals surface area contributed by atoms with Crippen LogP contribution in [0, 0.1) is 0 Å². The van der Waals surface area contributed by atoms with Crippen LogP contribution in [0.3, 0.4) is 0 Å². The third kappa shape index (κ3) is 5.85. The Kier molecular flexibility index (Phi) is 7.16. The lowest BCUT2D eigenvalue weighted by atomic mass is 10.3. The second kappa shape index (κ2) is 10.4. The molecule has 2 N–H and O–H groups in total. The number of carbonyl (C=O) groups excluding carboxylic acids is 2. The monoisotopic (exact) mass is 480 g/mol. The van der Waals surface area contributed by atoms with Crippen LogP contribution >= 0.6 is 23.4 Å². The van der Waals surface area contributed by atoms with Crippen molar-refractivity contribution in [2.75, 3.05) is 23.5 Å². The van der Waals surface area contributed by atoms with Crippen LogP contribution in [0.1, 0.15) is 0 Å². The Labute approximate surface area is 200 Å². The fourth-order valence-corrected chi connectivity index (χ4v) is 4.14. The van der Waals surface area contributed by atoms with E-state index in [-0.39, 0.29) is 24.1 Å². The van der Waals surface area contributed by atoms with Crippen LogP contribution in [0.2, 0.25) is 5.02 Å². The maximum atomic E-state index is 12.7. The maximum Gasteiger partial charge on any atom is 0.244 e. The molecule has 9 heteroatoms. The number of para-hydroxylation sites is 2. The van der Waals surface area contributed by atoms with Crippen molar-refractivity contribution in [3.8, 4) is 5.75 Å². The van der Waals surface area contributed by atoms with Crippen LogP contribution in [0.4, 0.5) is 11.4 Å². The number of amides is 2. The number of aromatic nitrogens is 2. The third-order valence-electron chi connectivity index (χ3n) is 4.76. The minimum Gasteiger partial charge on any atom is -0.497 e. The number of hydrogen-bond donors (Lipinski definition) is 2. The highest BCUT2D eigenvalue weighted by Gasteiger charge is 2.16. The molecular formula is C24H21ClN4O3S. The van der Waals surface area contributed by atoms with Gasteiger partial charge in [-0.3, -0.25) is 9.59 Å². The van der Waals surface area contributed by atoms with Gasteiger partial charge in [0.15, 0.2) is 5.16 Å². The second-order valence-corrected chi connectivity index (χ2v) is 8.47. The lowest BCUT2D eigenvalue weighted by Gasteiger charge is -2.10. The number of carbonyl (C=O) groups is 2. The van der Waals surface area contributed by atoms with Gasteiger partial charge in [0.2, 0.25) is 11.8 Å². The summed E-state index contributed by atoms with van der Waals surface area (Å²) in [6.07, 6.45) is 0. The lowest BCUT2D eigenvalue weighted by molar-refractivity contribution is -0.117. The number of ether oxygens (including phenoxy) is 1. The lowest BCUT2D eigenvalue weighted by Crippen LogP contribution is -2.20. The topological polar surface area (TPSA) is 85.2 Å². The Hall–Kier alpha value is -3.49. The molecule has 0 aliphatic carbocycles. The average molecular weight is 481 g/mol. The number of nitrogens with one attached hydrogen (secondary N) is 2. The molecule has 0 radical (unpaired) electrons. The summed E-state index contributed by atoms with van der Waals surface area (Å²) < 4.78 is 6.94. The van der Waals surface area contributed by atoms with Gasteiger partial charge in [0.1, 0.15) is 12.3 Å². The summed E-state index contributed by atoms with van der Waals surface area (Å²) in [5, 5.41) is 6.90. The molecule has 33 heavy (non-hydrogen) atoms. The first kappa shape index (κ1) is 22.7. The molecule has 0 aliphatic heterocycles. The molecule has 1 aromatic heterocycles. The summed E-state index contributed by atoms with van der Waals surface area (Å²) in [5.74, 6) is 0.487. The Morgan fingerprint density at radius 3 is 2.27 bits per heavy atom. The zero-order valence-electron chi connectivity index (χ0n) is 17.7. The molecular weight excluding hydrogens is 460 g/mol. The van der Waals surface area contributed by atoms with Crippen molar-refractivity contribution in [2.24, 2.45) is 0 Å². The van der Waals surface area contributed by atoms with Crippen molar-refractivity contribution in [3.63, 3.8) is 0 Å². The van der Waals surface area contributed by atoms with Gasteiger partial charge in [0.25, 0.3) is 0 Å². The van der Waals surface area contributed by atoms with Gasteiger partial charge < -0.3 is 19.9 Å². The van der Waals surface area contributed by atoms with Crippen LogP contribution < -0.4 is 15.4 Å². The first-order valence-electron chi connectivity index (χ1n) is 10.1. The van der Waals surface area contributed by atoms with E-state index in [0.29, 0.717) is 27.3 Å². The van der Waals surface area contributed by atoms with Crippen molar-refractivity contribution >= 4 is 57.6 Å². The van der Waals surface area contributed by atoms with E-state index in [1.165, 1.54) is 11.8 Å². The number of thioether (sulfide) groups is 1. The number of nitrogens with zero attached hydrogens (tertiary/aromatic N) is 2. The van der Waals surface area contributed by atoms with Gasteiger partial charge in [-0.2, -0.15) is 0 Å². The van der Waals surface area contributed by atoms with Gasteiger partial charge in [-0.15, -0.1) is 0 Å². The number of hydrogen-bond acceptors (Lipinski definition) is 5. The summed E-state index contributed by atoms with van der Waals surface area (Å²) in [7, 11) is 1.59. The number of fused-ring (bicyclic) bond motifs is 1. The fourth-order valence-electron chi connectivity index (χ4n) is 3.20. The third-order valence-corrected chi connectivity index (χ3v) is 5.98. The van der Waals surface area contributed by atoms with Crippen molar-refractivity contribution < 1.29 is 14.3 Å². The van der Waals surface area contributed by atoms with Crippen LogP contribution in [0.5, 0.6) is 5.75 Å². The number of imidazole rings is 1. The number of halogens is 1. The highest BCUT2D eigenvalue weighted by molar-refractivity contribution is 7.99. The van der Waals surface area contributed by atoms with Crippen LogP contribution in [0.15, 0.2) is 78.0 Å². The van der Waals surface area contributed by atoms with E-state index >= 15 is 0 Å². The van der Waals surface area contributed by atoms with Gasteiger partial charge >= 0.3 is 0 Å². The molecule has 0 spiro atoms. The van der Waals surface area contributed by atoms with E-state index in [4.69, 9.17) is 16.3 Å². The van der Waals surface area contributed by atoms with Gasteiger partial charge in [-0.05, 0) is 60.7 Å². The molecule has 0 fully saturated rings. The van der Waals surface area contributed by atoms with Gasteiger partial charge in [0, 0.05) is 16.4 Å². The van der Waals surface area contributed by atoms with E-state index in [0.717, 1.165) is 11.0 Å². The van der Waals surface area contributed by atoms with Crippen molar-refractivity contribution in [1.82, 2.24) is 9.55 Å². The molecule has 168 valence electrons. The van der Waals surface area contributed by atoms with Crippen molar-refractivity contribution in [1.29, 1.82) is 0 Å². The maximum absolute atomic E-state index is 12.7. The Morgan fingerprint density at radius 2 is 1.58 bits per heavy atom. The molecule has 0 bridgehead atoms. The smallest absolute Gasteiger partial charge is 0.244 e. The predicted octanol–water partition coefficient (Wildman–Crippen LogP) is 5.07. The first-order valence-corrected chi connectivity index (χ1v) is 11.5. The minimum absolute atomic E-state index is 0.0611. The Balaban J connectivity index is 1.45. The molecule has 0 unspecified atom stereocenters. The Morgan fingerprint density at radius 1 is 0.939 bits per heavy atom. The van der Waals surface area contributed by atoms with E-state index in [2.05, 4.69) is 15.6 Å². The zero-order chi connectivity index (χ0) is 23.2. The van der Waals surface area contributed by atoms with Gasteiger partial charge in [0.05, 0.1) is 23.9 Å². The molecule has 0 saturated carbocycles. The molecule has 2 amide bonds. The normalized spacial score (nSPS) is 10.7. The summed E-state index contributed by atoms with van der Waals surface area (Å²) in [4.78, 5) is 29.8. The highest BCUT2D eigenvalue weighted by atomic mass is 35.5. The largest absolute Gasteiger partial charge is 0.497 e. The highest BCUT2D eigenvalue weighted by Crippen LogP contribution is 2.25. The Bertz CT molecular complexity index is 1270. The van der Waals surface area contributed by atoms with E-state index in [1.807, 2.05) is 28.8 Å². The fraction of sp³-hybridized carbons (Fsp3) is 0.125. The molecule has 7 nitrogen and oxygen atoms in total. The molecule has 4 aromatic rings. The minimum atomic E-state index is -0.204. The summed E-state index contributed by atoms with van der Waals surface area (Å²) in [6, 6.07) is 21.6. The summed E-state index contributed by atoms with van der Waals surface area (Å²) in [6.45, 7) is 0.0611. The van der Waals surface area contributed by atoms with E-state index in [1.54, 1.807) is 55.6 Å². The zero-order valence-corrected chi connectivity index (χ0v) is 19.3. The predicted molar refractivity (Wildman–Crippen MR) is 132 cm³/mol. The molecule has 3 aromatic carbocycles. The summed E-state index contributed by atoms with van der Waals surface area (Å²) in [5.41, 5.74) is 2.91. The quantitative estimate of drug-likeness (QED) is 0.344. The van der Waals surface area contributed by atoms with Gasteiger partial charge in [-0.1, -0.05) is 35.5 Å². The van der Waals surface area contributed by atoms with Crippen molar-refractivity contribution in [3.05, 3.63) is 77.8 Å². The van der Waals surface area contributed by atoms with Crippen LogP contribution in [-0.2, 0) is 16.1 Å². The molecule has 0 aliphatic rings. The SMILES string of the molecule is COc1ccc(NC(=O)CSc2nc3ccccc3n2CC(=O)Nc2ccc(Cl)cc2)cc1. The van der Waals surface area contributed by atoms with Crippen LogP contribution in [0.25, 0.3) is 11.0 Å². The summed E-state index contributed by atoms with van der Waals surface area (Å²) >= 11 is 7.18. The molecule has 0 saturated heterocycles. The number of anilines is 2. The average Bonchev–Trinajstić information content (AvgIpc) is 3.17. The second-order valence-electron chi connectivity index (χ2n) is 7.09. The van der Waals surface area contributed by atoms with E-state index < -0.39 is 0 Å². The van der Waals surface area contributed by atoms with E-state index in [9.17, 15) is 9.59 Å². The standard InChI is InChI=1S/C24H21ClN4O3S/c1-32-19-12-10-18(11-13-19)27-23(31)15-33-24-28-20-4-2-3-5-21(20)29(24)14-22(30)26-17-8-6-16(25)7-9-17/h2-13H,14-15H2,1H3,(H,26,30)(H,27,31). The molecule has 4 rings (SSSR count). The van der Waals surface area contributed by atoms with Crippen molar-refractivity contribution in [2.45, 2.75) is 11.7 Å². The number of methoxy groups -OCH3 is 1. The number of rotatable bonds is 8. The number of benzene rings is 3. The molecule has 0 atom stereocenters. The van der Waals surface area contributed by atoms with Crippen LogP contribution in [-0.4, -0.2) is 34.2 Å². The first-order chi connectivity index (χ1) is 16.0. The van der Waals surface area contributed by atoms with Gasteiger partial charge in [-0.25, -0.2) is 4.98 Å². The molecule has 1 heterocycles.